The van der Waals surface area contributed by atoms with Crippen molar-refractivity contribution < 1.29 is 26.3 Å². The third-order valence-corrected chi connectivity index (χ3v) is 7.65. The van der Waals surface area contributed by atoms with E-state index in [4.69, 9.17) is 4.74 Å². The molecule has 4 rings (SSSR count). The normalized spacial score (nSPS) is 12.2. The average molecular weight is 531 g/mol. The number of imidazole rings is 1. The lowest BCUT2D eigenvalue weighted by atomic mass is 10.00. The topological polar surface area (TPSA) is 77.3 Å². The molecule has 4 aromatic rings. The minimum atomic E-state index is -4.49. The molecule has 0 aliphatic carbocycles. The molecule has 2 heterocycles. The average Bonchev–Trinajstić information content (AvgIpc) is 3.30. The fourth-order valence-electron chi connectivity index (χ4n) is 3.86. The molecule has 0 aliphatic rings. The van der Waals surface area contributed by atoms with Crippen LogP contribution in [0, 0.1) is 0 Å². The van der Waals surface area contributed by atoms with Gasteiger partial charge in [0.15, 0.2) is 0 Å². The highest BCUT2D eigenvalue weighted by Crippen LogP contribution is 2.32. The largest absolute Gasteiger partial charge is 0.497 e. The summed E-state index contributed by atoms with van der Waals surface area (Å²) < 4.78 is 74.5. The van der Waals surface area contributed by atoms with Gasteiger partial charge in [-0.1, -0.05) is 18.2 Å². The van der Waals surface area contributed by atoms with Crippen molar-refractivity contribution in [3.05, 3.63) is 95.7 Å². The molecule has 11 heteroatoms. The molecule has 7 nitrogen and oxygen atoms in total. The molecule has 37 heavy (non-hydrogen) atoms. The van der Waals surface area contributed by atoms with Crippen molar-refractivity contribution in [1.29, 1.82) is 0 Å². The lowest BCUT2D eigenvalue weighted by Gasteiger charge is -2.19. The molecule has 2 aromatic carbocycles. The first-order chi connectivity index (χ1) is 17.5. The number of halogens is 3. The standard InChI is InChI=1S/C26H25F3N4O3S/c1-32-16-25(31-17-32)24-14-23(37(34,35)33(2)15-18-4-7-22(36-3)8-5-18)9-6-19(24)12-21-13-20(10-11-30-21)26(27,28)29/h4-11,13-14,16-17H,12,15H2,1-3H3. The molecule has 0 saturated carbocycles. The Bertz CT molecular complexity index is 1500. The van der Waals surface area contributed by atoms with Gasteiger partial charge in [-0.15, -0.1) is 0 Å². The van der Waals surface area contributed by atoms with Crippen LogP contribution in [0.15, 0.2) is 78.2 Å². The summed E-state index contributed by atoms with van der Waals surface area (Å²) in [5.74, 6) is 0.667. The minimum Gasteiger partial charge on any atom is -0.497 e. The van der Waals surface area contributed by atoms with Crippen LogP contribution in [0.4, 0.5) is 13.2 Å². The highest BCUT2D eigenvalue weighted by atomic mass is 32.2. The number of sulfonamides is 1. The van der Waals surface area contributed by atoms with E-state index in [0.29, 0.717) is 22.6 Å². The lowest BCUT2D eigenvalue weighted by molar-refractivity contribution is -0.137. The number of aromatic nitrogens is 3. The maximum absolute atomic E-state index is 13.4. The Morgan fingerprint density at radius 1 is 1.03 bits per heavy atom. The van der Waals surface area contributed by atoms with E-state index in [1.165, 1.54) is 23.5 Å². The van der Waals surface area contributed by atoms with Gasteiger partial charge in [-0.25, -0.2) is 13.4 Å². The molecule has 0 fully saturated rings. The third kappa shape index (κ3) is 6.00. The second-order valence-electron chi connectivity index (χ2n) is 8.56. The van der Waals surface area contributed by atoms with Gasteiger partial charge in [0.1, 0.15) is 5.75 Å². The Morgan fingerprint density at radius 2 is 1.76 bits per heavy atom. The lowest BCUT2D eigenvalue weighted by Crippen LogP contribution is -2.26. The molecular formula is C26H25F3N4O3S. The van der Waals surface area contributed by atoms with Crippen molar-refractivity contribution >= 4 is 10.0 Å². The van der Waals surface area contributed by atoms with Gasteiger partial charge in [-0.2, -0.15) is 17.5 Å². The molecular weight excluding hydrogens is 505 g/mol. The first-order valence-electron chi connectivity index (χ1n) is 11.2. The van der Waals surface area contributed by atoms with Crippen LogP contribution in [-0.2, 0) is 36.2 Å². The first-order valence-corrected chi connectivity index (χ1v) is 12.6. The van der Waals surface area contributed by atoms with Crippen LogP contribution < -0.4 is 4.74 Å². The quantitative estimate of drug-likeness (QED) is 0.323. The van der Waals surface area contributed by atoms with Crippen molar-refractivity contribution in [1.82, 2.24) is 18.8 Å². The van der Waals surface area contributed by atoms with E-state index in [-0.39, 0.29) is 23.6 Å². The van der Waals surface area contributed by atoms with Crippen LogP contribution in [0.1, 0.15) is 22.4 Å². The van der Waals surface area contributed by atoms with E-state index >= 15 is 0 Å². The van der Waals surface area contributed by atoms with Gasteiger partial charge in [0, 0.05) is 50.7 Å². The number of aryl methyl sites for hydroxylation is 1. The van der Waals surface area contributed by atoms with Gasteiger partial charge in [0.05, 0.1) is 29.6 Å². The smallest absolute Gasteiger partial charge is 0.416 e. The molecule has 0 amide bonds. The molecule has 0 unspecified atom stereocenters. The number of methoxy groups -OCH3 is 1. The van der Waals surface area contributed by atoms with Gasteiger partial charge in [-0.05, 0) is 47.5 Å². The fourth-order valence-corrected chi connectivity index (χ4v) is 5.05. The predicted octanol–water partition coefficient (Wildman–Crippen LogP) is 4.92. The van der Waals surface area contributed by atoms with Crippen molar-refractivity contribution in [3.8, 4) is 17.0 Å². The summed E-state index contributed by atoms with van der Waals surface area (Å²) in [7, 11) is 0.922. The Balaban J connectivity index is 1.68. The van der Waals surface area contributed by atoms with Crippen molar-refractivity contribution in [2.24, 2.45) is 7.05 Å². The Kier molecular flexibility index (Phi) is 7.37. The van der Waals surface area contributed by atoms with Gasteiger partial charge >= 0.3 is 6.18 Å². The molecule has 0 N–H and O–H groups in total. The Morgan fingerprint density at radius 3 is 2.38 bits per heavy atom. The second kappa shape index (κ2) is 10.3. The summed E-state index contributed by atoms with van der Waals surface area (Å²) in [4.78, 5) is 8.47. The highest BCUT2D eigenvalue weighted by Gasteiger charge is 2.31. The second-order valence-corrected chi connectivity index (χ2v) is 10.6. The molecule has 0 aliphatic heterocycles. The van der Waals surface area contributed by atoms with Crippen molar-refractivity contribution in [3.63, 3.8) is 0 Å². The molecule has 0 bridgehead atoms. The zero-order chi connectivity index (χ0) is 26.8. The van der Waals surface area contributed by atoms with Crippen LogP contribution in [0.3, 0.4) is 0 Å². The summed E-state index contributed by atoms with van der Waals surface area (Å²) in [5.41, 5.74) is 1.79. The maximum atomic E-state index is 13.4. The van der Waals surface area contributed by atoms with Crippen LogP contribution in [0.2, 0.25) is 0 Å². The van der Waals surface area contributed by atoms with Crippen LogP contribution in [-0.4, -0.2) is 41.4 Å². The van der Waals surface area contributed by atoms with Crippen molar-refractivity contribution in [2.45, 2.75) is 24.0 Å². The number of ether oxygens (including phenoxy) is 1. The van der Waals surface area contributed by atoms with Crippen molar-refractivity contribution in [2.75, 3.05) is 14.2 Å². The number of benzene rings is 2. The van der Waals surface area contributed by atoms with E-state index in [0.717, 1.165) is 23.9 Å². The summed E-state index contributed by atoms with van der Waals surface area (Å²) in [5, 5.41) is 0. The summed E-state index contributed by atoms with van der Waals surface area (Å²) in [6.07, 6.45) is -0.0220. The molecule has 194 valence electrons. The molecule has 0 saturated heterocycles. The van der Waals surface area contributed by atoms with E-state index in [1.54, 1.807) is 61.6 Å². The zero-order valence-corrected chi connectivity index (χ0v) is 21.2. The van der Waals surface area contributed by atoms with Crippen LogP contribution in [0.25, 0.3) is 11.3 Å². The molecule has 0 radical (unpaired) electrons. The molecule has 2 aromatic heterocycles. The van der Waals surface area contributed by atoms with E-state index in [2.05, 4.69) is 9.97 Å². The number of rotatable bonds is 8. The Hall–Kier alpha value is -3.70. The number of alkyl halides is 3. The number of hydrogen-bond acceptors (Lipinski definition) is 5. The van der Waals surface area contributed by atoms with E-state index < -0.39 is 21.8 Å². The van der Waals surface area contributed by atoms with E-state index in [1.807, 2.05) is 0 Å². The summed E-state index contributed by atoms with van der Waals surface area (Å²) in [6, 6.07) is 13.6. The van der Waals surface area contributed by atoms with Gasteiger partial charge in [-0.3, -0.25) is 4.98 Å². The Labute approximate surface area is 213 Å². The fraction of sp³-hybridized carbons (Fsp3) is 0.231. The third-order valence-electron chi connectivity index (χ3n) is 5.85. The molecule has 0 spiro atoms. The number of nitrogens with zero attached hydrogens (tertiary/aromatic N) is 4. The maximum Gasteiger partial charge on any atom is 0.416 e. The molecule has 0 atom stereocenters. The van der Waals surface area contributed by atoms with Crippen LogP contribution >= 0.6 is 0 Å². The van der Waals surface area contributed by atoms with Gasteiger partial charge < -0.3 is 9.30 Å². The predicted molar refractivity (Wildman–Crippen MR) is 132 cm³/mol. The zero-order valence-electron chi connectivity index (χ0n) is 20.4. The summed E-state index contributed by atoms with van der Waals surface area (Å²) in [6.45, 7) is 0.140. The first kappa shape index (κ1) is 26.4. The van der Waals surface area contributed by atoms with Gasteiger partial charge in [0.2, 0.25) is 10.0 Å². The monoisotopic (exact) mass is 530 g/mol. The van der Waals surface area contributed by atoms with E-state index in [9.17, 15) is 21.6 Å². The van der Waals surface area contributed by atoms with Gasteiger partial charge in [0.25, 0.3) is 0 Å². The minimum absolute atomic E-state index is 0.0462. The highest BCUT2D eigenvalue weighted by molar-refractivity contribution is 7.89. The van der Waals surface area contributed by atoms with Crippen LogP contribution in [0.5, 0.6) is 5.75 Å². The number of pyridine rings is 1. The number of hydrogen-bond donors (Lipinski definition) is 0. The SMILES string of the molecule is COc1ccc(CN(C)S(=O)(=O)c2ccc(Cc3cc(C(F)(F)F)ccn3)c(-c3cn(C)cn3)c2)cc1. The summed E-state index contributed by atoms with van der Waals surface area (Å²) >= 11 is 0.